The van der Waals surface area contributed by atoms with Crippen LogP contribution in [-0.2, 0) is 14.8 Å². The Bertz CT molecular complexity index is 921. The number of aryl methyl sites for hydroxylation is 1. The van der Waals surface area contributed by atoms with Gasteiger partial charge in [0.05, 0.1) is 23.4 Å². The maximum Gasteiger partial charge on any atom is 0.261 e. The van der Waals surface area contributed by atoms with Crippen LogP contribution in [0.15, 0.2) is 41.3 Å². The highest BCUT2D eigenvalue weighted by Gasteiger charge is 2.20. The van der Waals surface area contributed by atoms with Crippen molar-refractivity contribution in [3.05, 3.63) is 47.5 Å². The fraction of sp³-hybridized carbons (Fsp3) is 0.316. The first-order valence-corrected chi connectivity index (χ1v) is 9.72. The number of amides is 1. The fourth-order valence-corrected chi connectivity index (χ4v) is 3.83. The number of hydrogen-bond acceptors (Lipinski definition) is 4. The van der Waals surface area contributed by atoms with E-state index in [1.54, 1.807) is 0 Å². The normalized spacial score (nSPS) is 11.3. The van der Waals surface area contributed by atoms with Gasteiger partial charge in [-0.1, -0.05) is 32.0 Å². The lowest BCUT2D eigenvalue weighted by Crippen LogP contribution is -2.16. The van der Waals surface area contributed by atoms with Gasteiger partial charge in [0, 0.05) is 6.92 Å². The zero-order valence-electron chi connectivity index (χ0n) is 15.6. The Morgan fingerprint density at radius 1 is 1.15 bits per heavy atom. The molecule has 0 aromatic heterocycles. The summed E-state index contributed by atoms with van der Waals surface area (Å²) in [5.41, 5.74) is 2.65. The first kappa shape index (κ1) is 19.8. The number of benzene rings is 2. The number of nitrogens with one attached hydrogen (secondary N) is 2. The molecular formula is C19H24N2O4S. The molecule has 140 valence electrons. The van der Waals surface area contributed by atoms with Gasteiger partial charge < -0.3 is 10.1 Å². The van der Waals surface area contributed by atoms with E-state index in [-0.39, 0.29) is 16.7 Å². The van der Waals surface area contributed by atoms with Crippen molar-refractivity contribution >= 4 is 27.3 Å². The summed E-state index contributed by atoms with van der Waals surface area (Å²) in [7, 11) is -2.38. The van der Waals surface area contributed by atoms with Crippen molar-refractivity contribution < 1.29 is 17.9 Å². The SMILES string of the molecule is COc1ccc(S(=O)(=O)Nc2c(C)cccc2C(C)C)cc1NC(C)=O. The zero-order chi connectivity index (χ0) is 19.5. The molecule has 0 aliphatic carbocycles. The van der Waals surface area contributed by atoms with Crippen LogP contribution >= 0.6 is 0 Å². The van der Waals surface area contributed by atoms with Crippen molar-refractivity contribution in [1.29, 1.82) is 0 Å². The third-order valence-electron chi connectivity index (χ3n) is 3.96. The number of hydrogen-bond donors (Lipinski definition) is 2. The Morgan fingerprint density at radius 3 is 2.42 bits per heavy atom. The summed E-state index contributed by atoms with van der Waals surface area (Å²) in [6.45, 7) is 7.23. The van der Waals surface area contributed by atoms with Gasteiger partial charge in [-0.15, -0.1) is 0 Å². The van der Waals surface area contributed by atoms with Crippen molar-refractivity contribution in [2.24, 2.45) is 0 Å². The van der Waals surface area contributed by atoms with Crippen LogP contribution in [0.3, 0.4) is 0 Å². The lowest BCUT2D eigenvalue weighted by atomic mass is 9.99. The molecule has 0 atom stereocenters. The fourth-order valence-electron chi connectivity index (χ4n) is 2.65. The van der Waals surface area contributed by atoms with Crippen molar-refractivity contribution in [2.75, 3.05) is 17.1 Å². The van der Waals surface area contributed by atoms with Gasteiger partial charge >= 0.3 is 0 Å². The Labute approximate surface area is 154 Å². The van der Waals surface area contributed by atoms with E-state index in [4.69, 9.17) is 4.74 Å². The van der Waals surface area contributed by atoms with E-state index in [1.807, 2.05) is 39.0 Å². The van der Waals surface area contributed by atoms with E-state index in [1.165, 1.54) is 32.2 Å². The molecule has 0 spiro atoms. The van der Waals surface area contributed by atoms with Gasteiger partial charge in [-0.05, 0) is 42.2 Å². The van der Waals surface area contributed by atoms with Gasteiger partial charge in [0.15, 0.2) is 0 Å². The molecular weight excluding hydrogens is 352 g/mol. The minimum atomic E-state index is -3.83. The van der Waals surface area contributed by atoms with Crippen molar-refractivity contribution in [3.63, 3.8) is 0 Å². The lowest BCUT2D eigenvalue weighted by Gasteiger charge is -2.18. The third-order valence-corrected chi connectivity index (χ3v) is 5.30. The van der Waals surface area contributed by atoms with Gasteiger partial charge in [0.1, 0.15) is 5.75 Å². The molecule has 6 nitrogen and oxygen atoms in total. The molecule has 2 rings (SSSR count). The highest BCUT2D eigenvalue weighted by atomic mass is 32.2. The number of carbonyl (C=O) groups is 1. The van der Waals surface area contributed by atoms with Crippen LogP contribution in [0.1, 0.15) is 37.8 Å². The molecule has 0 heterocycles. The van der Waals surface area contributed by atoms with E-state index in [9.17, 15) is 13.2 Å². The monoisotopic (exact) mass is 376 g/mol. The second-order valence-corrected chi connectivity index (χ2v) is 8.03. The highest BCUT2D eigenvalue weighted by molar-refractivity contribution is 7.92. The molecule has 0 saturated carbocycles. The molecule has 0 fully saturated rings. The summed E-state index contributed by atoms with van der Waals surface area (Å²) in [6, 6.07) is 10.0. The Morgan fingerprint density at radius 2 is 1.85 bits per heavy atom. The summed E-state index contributed by atoms with van der Waals surface area (Å²) < 4.78 is 33.7. The van der Waals surface area contributed by atoms with E-state index in [0.29, 0.717) is 17.1 Å². The first-order chi connectivity index (χ1) is 12.2. The molecule has 0 radical (unpaired) electrons. The van der Waals surface area contributed by atoms with Gasteiger partial charge in [0.25, 0.3) is 10.0 Å². The maximum absolute atomic E-state index is 12.9. The van der Waals surface area contributed by atoms with Crippen LogP contribution in [0.2, 0.25) is 0 Å². The number of ether oxygens (including phenoxy) is 1. The van der Waals surface area contributed by atoms with Gasteiger partial charge in [-0.25, -0.2) is 8.42 Å². The van der Waals surface area contributed by atoms with Gasteiger partial charge in [0.2, 0.25) is 5.91 Å². The van der Waals surface area contributed by atoms with Gasteiger partial charge in [-0.2, -0.15) is 0 Å². The smallest absolute Gasteiger partial charge is 0.261 e. The summed E-state index contributed by atoms with van der Waals surface area (Å²) in [5.74, 6) is 0.239. The predicted molar refractivity (Wildman–Crippen MR) is 103 cm³/mol. The maximum atomic E-state index is 12.9. The minimum absolute atomic E-state index is 0.0417. The van der Waals surface area contributed by atoms with E-state index in [0.717, 1.165) is 11.1 Å². The third kappa shape index (κ3) is 4.35. The standard InChI is InChI=1S/C19H24N2O4S/c1-12(2)16-8-6-7-13(3)19(16)21-26(23,24)15-9-10-18(25-5)17(11-15)20-14(4)22/h6-12,21H,1-5H3,(H,20,22). The molecule has 0 aliphatic heterocycles. The van der Waals surface area contributed by atoms with Gasteiger partial charge in [-0.3, -0.25) is 9.52 Å². The highest BCUT2D eigenvalue weighted by Crippen LogP contribution is 2.32. The molecule has 0 saturated heterocycles. The molecule has 7 heteroatoms. The molecule has 1 amide bonds. The van der Waals surface area contributed by atoms with Crippen LogP contribution in [0.5, 0.6) is 5.75 Å². The average Bonchev–Trinajstić information content (AvgIpc) is 2.55. The summed E-state index contributed by atoms with van der Waals surface area (Å²) in [6.07, 6.45) is 0. The molecule has 2 aromatic rings. The number of anilines is 2. The summed E-state index contributed by atoms with van der Waals surface area (Å²) >= 11 is 0. The van der Waals surface area contributed by atoms with Crippen LogP contribution in [0.25, 0.3) is 0 Å². The van der Waals surface area contributed by atoms with Crippen molar-refractivity contribution in [3.8, 4) is 5.75 Å². The number of para-hydroxylation sites is 1. The average molecular weight is 376 g/mol. The van der Waals surface area contributed by atoms with E-state index < -0.39 is 10.0 Å². The van der Waals surface area contributed by atoms with Crippen LogP contribution in [-0.4, -0.2) is 21.4 Å². The molecule has 26 heavy (non-hydrogen) atoms. The van der Waals surface area contributed by atoms with Crippen LogP contribution in [0, 0.1) is 6.92 Å². The van der Waals surface area contributed by atoms with Crippen molar-refractivity contribution in [2.45, 2.75) is 38.5 Å². The van der Waals surface area contributed by atoms with Crippen LogP contribution < -0.4 is 14.8 Å². The summed E-state index contributed by atoms with van der Waals surface area (Å²) in [5, 5.41) is 2.59. The second kappa shape index (κ2) is 7.78. The minimum Gasteiger partial charge on any atom is -0.495 e. The number of methoxy groups -OCH3 is 1. The molecule has 0 bridgehead atoms. The van der Waals surface area contributed by atoms with Crippen LogP contribution in [0.4, 0.5) is 11.4 Å². The number of rotatable bonds is 6. The quantitative estimate of drug-likeness (QED) is 0.801. The molecule has 2 N–H and O–H groups in total. The zero-order valence-corrected chi connectivity index (χ0v) is 16.4. The lowest BCUT2D eigenvalue weighted by molar-refractivity contribution is -0.114. The Hall–Kier alpha value is -2.54. The topological polar surface area (TPSA) is 84.5 Å². The largest absolute Gasteiger partial charge is 0.495 e. The molecule has 0 aliphatic rings. The number of carbonyl (C=O) groups excluding carboxylic acids is 1. The summed E-state index contributed by atoms with van der Waals surface area (Å²) in [4.78, 5) is 11.4. The van der Waals surface area contributed by atoms with E-state index >= 15 is 0 Å². The number of sulfonamides is 1. The Balaban J connectivity index is 2.48. The van der Waals surface area contributed by atoms with E-state index in [2.05, 4.69) is 10.0 Å². The first-order valence-electron chi connectivity index (χ1n) is 8.23. The Kier molecular flexibility index (Phi) is 5.92. The molecule has 2 aromatic carbocycles. The second-order valence-electron chi connectivity index (χ2n) is 6.34. The van der Waals surface area contributed by atoms with Crippen molar-refractivity contribution in [1.82, 2.24) is 0 Å². The molecule has 0 unspecified atom stereocenters. The predicted octanol–water partition coefficient (Wildman–Crippen LogP) is 3.89.